The van der Waals surface area contributed by atoms with E-state index in [4.69, 9.17) is 22.1 Å². The van der Waals surface area contributed by atoms with Crippen molar-refractivity contribution in [3.05, 3.63) is 77.3 Å². The lowest BCUT2D eigenvalue weighted by atomic mass is 10.0. The van der Waals surface area contributed by atoms with Crippen LogP contribution in [0.15, 0.2) is 66.7 Å². The number of anilines is 1. The van der Waals surface area contributed by atoms with Crippen molar-refractivity contribution in [1.82, 2.24) is 0 Å². The number of hydrogen-bond acceptors (Lipinski definition) is 4. The minimum atomic E-state index is -0.605. The fraction of sp³-hybridized carbons (Fsp3) is 0.0476. The number of rotatable bonds is 6. The number of amides is 2. The van der Waals surface area contributed by atoms with E-state index in [-0.39, 0.29) is 22.9 Å². The first-order valence-electron chi connectivity index (χ1n) is 8.34. The molecule has 0 unspecified atom stereocenters. The van der Waals surface area contributed by atoms with Crippen LogP contribution in [0.25, 0.3) is 11.1 Å². The van der Waals surface area contributed by atoms with Gasteiger partial charge in [0.05, 0.1) is 10.6 Å². The van der Waals surface area contributed by atoms with Crippen LogP contribution in [0.4, 0.5) is 5.69 Å². The molecule has 28 heavy (non-hydrogen) atoms. The molecular formula is C21H17ClN2O4. The van der Waals surface area contributed by atoms with Gasteiger partial charge >= 0.3 is 0 Å². The second-order valence-electron chi connectivity index (χ2n) is 5.96. The Hall–Kier alpha value is -3.51. The highest BCUT2D eigenvalue weighted by Gasteiger charge is 2.17. The number of ether oxygens (including phenoxy) is 1. The molecule has 0 aliphatic heterocycles. The molecule has 0 aromatic heterocycles. The van der Waals surface area contributed by atoms with Crippen molar-refractivity contribution in [2.75, 3.05) is 11.9 Å². The Morgan fingerprint density at radius 1 is 1.00 bits per heavy atom. The standard InChI is InChI=1S/C21H17ClN2O4/c22-18-10-14(13-5-2-1-3-6-13)9-17(20(18)26)21(27)24-15-7-4-8-16(11-15)28-12-19(23)25/h1-11,26H,12H2,(H2,23,25)(H,24,27). The van der Waals surface area contributed by atoms with E-state index in [9.17, 15) is 14.7 Å². The number of primary amides is 1. The van der Waals surface area contributed by atoms with E-state index in [1.54, 1.807) is 36.4 Å². The minimum Gasteiger partial charge on any atom is -0.506 e. The van der Waals surface area contributed by atoms with Gasteiger partial charge in [0.25, 0.3) is 11.8 Å². The van der Waals surface area contributed by atoms with Crippen LogP contribution < -0.4 is 15.8 Å². The molecule has 0 fully saturated rings. The SMILES string of the molecule is NC(=O)COc1cccc(NC(=O)c2cc(-c3ccccc3)cc(Cl)c2O)c1. The summed E-state index contributed by atoms with van der Waals surface area (Å²) >= 11 is 6.12. The van der Waals surface area contributed by atoms with Gasteiger partial charge in [0, 0.05) is 11.8 Å². The van der Waals surface area contributed by atoms with Crippen LogP contribution in [0.1, 0.15) is 10.4 Å². The second-order valence-corrected chi connectivity index (χ2v) is 6.36. The first-order valence-corrected chi connectivity index (χ1v) is 8.72. The van der Waals surface area contributed by atoms with Crippen LogP contribution in [-0.4, -0.2) is 23.5 Å². The predicted molar refractivity (Wildman–Crippen MR) is 108 cm³/mol. The fourth-order valence-corrected chi connectivity index (χ4v) is 2.81. The first kappa shape index (κ1) is 19.3. The third-order valence-corrected chi connectivity index (χ3v) is 4.18. The van der Waals surface area contributed by atoms with Crippen LogP contribution in [0.2, 0.25) is 5.02 Å². The van der Waals surface area contributed by atoms with Gasteiger partial charge in [-0.25, -0.2) is 0 Å². The molecule has 0 aliphatic carbocycles. The molecule has 3 aromatic rings. The maximum absolute atomic E-state index is 12.7. The van der Waals surface area contributed by atoms with Gasteiger partial charge < -0.3 is 20.9 Å². The number of carbonyl (C=O) groups is 2. The molecule has 0 heterocycles. The Labute approximate surface area is 166 Å². The summed E-state index contributed by atoms with van der Waals surface area (Å²) in [5.41, 5.74) is 7.08. The van der Waals surface area contributed by atoms with E-state index in [0.717, 1.165) is 5.56 Å². The van der Waals surface area contributed by atoms with Crippen molar-refractivity contribution < 1.29 is 19.4 Å². The zero-order valence-corrected chi connectivity index (χ0v) is 15.4. The quantitative estimate of drug-likeness (QED) is 0.589. The Kier molecular flexibility index (Phi) is 5.81. The van der Waals surface area contributed by atoms with Crippen molar-refractivity contribution in [2.45, 2.75) is 0 Å². The third kappa shape index (κ3) is 4.61. The summed E-state index contributed by atoms with van der Waals surface area (Å²) < 4.78 is 5.22. The van der Waals surface area contributed by atoms with Gasteiger partial charge in [0.2, 0.25) is 0 Å². The number of benzene rings is 3. The molecule has 0 aliphatic rings. The zero-order valence-electron chi connectivity index (χ0n) is 14.7. The molecule has 3 rings (SSSR count). The first-order chi connectivity index (χ1) is 13.4. The number of hydrogen-bond donors (Lipinski definition) is 3. The van der Waals surface area contributed by atoms with Crippen molar-refractivity contribution in [1.29, 1.82) is 0 Å². The van der Waals surface area contributed by atoms with Gasteiger partial charge in [-0.15, -0.1) is 0 Å². The fourth-order valence-electron chi connectivity index (χ4n) is 2.59. The van der Waals surface area contributed by atoms with Crippen molar-refractivity contribution in [2.24, 2.45) is 5.73 Å². The Balaban J connectivity index is 1.86. The maximum Gasteiger partial charge on any atom is 0.259 e. The van der Waals surface area contributed by atoms with Crippen LogP contribution >= 0.6 is 11.6 Å². The normalized spacial score (nSPS) is 10.3. The number of halogens is 1. The predicted octanol–water partition coefficient (Wildman–Crippen LogP) is 3.83. The molecular weight excluding hydrogens is 380 g/mol. The Bertz CT molecular complexity index is 1020. The van der Waals surface area contributed by atoms with Crippen molar-refractivity contribution in [3.8, 4) is 22.6 Å². The molecule has 142 valence electrons. The summed E-state index contributed by atoms with van der Waals surface area (Å²) in [4.78, 5) is 23.5. The molecule has 6 nitrogen and oxygen atoms in total. The van der Waals surface area contributed by atoms with Gasteiger partial charge in [0.15, 0.2) is 6.61 Å². The zero-order chi connectivity index (χ0) is 20.1. The molecule has 0 atom stereocenters. The molecule has 0 saturated carbocycles. The van der Waals surface area contributed by atoms with E-state index in [2.05, 4.69) is 5.32 Å². The lowest BCUT2D eigenvalue weighted by Crippen LogP contribution is -2.20. The largest absolute Gasteiger partial charge is 0.506 e. The molecule has 0 spiro atoms. The summed E-state index contributed by atoms with van der Waals surface area (Å²) in [6.45, 7) is -0.271. The molecule has 7 heteroatoms. The number of phenols is 1. The lowest BCUT2D eigenvalue weighted by Gasteiger charge is -2.12. The van der Waals surface area contributed by atoms with E-state index < -0.39 is 11.8 Å². The maximum atomic E-state index is 12.7. The number of phenolic OH excluding ortho intramolecular Hbond substituents is 1. The Morgan fingerprint density at radius 2 is 1.75 bits per heavy atom. The summed E-state index contributed by atoms with van der Waals surface area (Å²) in [6.07, 6.45) is 0. The van der Waals surface area contributed by atoms with Crippen LogP contribution in [0.3, 0.4) is 0 Å². The molecule has 0 bridgehead atoms. The van der Waals surface area contributed by atoms with Gasteiger partial charge in [-0.3, -0.25) is 9.59 Å². The highest BCUT2D eigenvalue weighted by atomic mass is 35.5. The van der Waals surface area contributed by atoms with Crippen LogP contribution in [0.5, 0.6) is 11.5 Å². The summed E-state index contributed by atoms with van der Waals surface area (Å²) in [5.74, 6) is -1.08. The number of nitrogens with one attached hydrogen (secondary N) is 1. The highest BCUT2D eigenvalue weighted by molar-refractivity contribution is 6.33. The smallest absolute Gasteiger partial charge is 0.259 e. The van der Waals surface area contributed by atoms with Gasteiger partial charge in [-0.1, -0.05) is 48.0 Å². The summed E-state index contributed by atoms with van der Waals surface area (Å²) in [6, 6.07) is 19.0. The molecule has 2 amide bonds. The summed E-state index contributed by atoms with van der Waals surface area (Å²) in [7, 11) is 0. The molecule has 3 aromatic carbocycles. The molecule has 0 radical (unpaired) electrons. The number of nitrogens with two attached hydrogens (primary N) is 1. The Morgan fingerprint density at radius 3 is 2.46 bits per heavy atom. The monoisotopic (exact) mass is 396 g/mol. The third-order valence-electron chi connectivity index (χ3n) is 3.89. The van der Waals surface area contributed by atoms with E-state index >= 15 is 0 Å². The van der Waals surface area contributed by atoms with Gasteiger partial charge in [-0.2, -0.15) is 0 Å². The highest BCUT2D eigenvalue weighted by Crippen LogP contribution is 2.34. The van der Waals surface area contributed by atoms with Crippen LogP contribution in [-0.2, 0) is 4.79 Å². The molecule has 4 N–H and O–H groups in total. The minimum absolute atomic E-state index is 0.0369. The van der Waals surface area contributed by atoms with Crippen molar-refractivity contribution >= 4 is 29.1 Å². The van der Waals surface area contributed by atoms with Gasteiger partial charge in [0.1, 0.15) is 11.5 Å². The van der Waals surface area contributed by atoms with Crippen LogP contribution in [0, 0.1) is 0 Å². The summed E-state index contributed by atoms with van der Waals surface area (Å²) in [5, 5.41) is 13.0. The molecule has 0 saturated heterocycles. The average molecular weight is 397 g/mol. The van der Waals surface area contributed by atoms with E-state index in [1.807, 2.05) is 30.3 Å². The second kappa shape index (κ2) is 8.45. The van der Waals surface area contributed by atoms with Gasteiger partial charge in [-0.05, 0) is 35.4 Å². The average Bonchev–Trinajstić information content (AvgIpc) is 2.69. The number of carbonyl (C=O) groups excluding carboxylic acids is 2. The topological polar surface area (TPSA) is 102 Å². The van der Waals surface area contributed by atoms with E-state index in [1.165, 1.54) is 0 Å². The van der Waals surface area contributed by atoms with E-state index in [0.29, 0.717) is 17.0 Å². The van der Waals surface area contributed by atoms with Crippen molar-refractivity contribution in [3.63, 3.8) is 0 Å². The number of aromatic hydroxyl groups is 1. The lowest BCUT2D eigenvalue weighted by molar-refractivity contribution is -0.119.